The molecule has 33 heteroatoms. The van der Waals surface area contributed by atoms with Crippen molar-refractivity contribution in [2.75, 3.05) is 98.3 Å². The lowest BCUT2D eigenvalue weighted by molar-refractivity contribution is -0.308. The molecule has 466 valence electrons. The van der Waals surface area contributed by atoms with Gasteiger partial charge in [-0.2, -0.15) is 0 Å². The molecule has 0 spiro atoms. The molecule has 7 amide bonds. The normalized spacial score (nSPS) is 16.4. The van der Waals surface area contributed by atoms with Crippen LogP contribution >= 0.6 is 0 Å². The van der Waals surface area contributed by atoms with Gasteiger partial charge in [-0.3, -0.25) is 62.8 Å². The van der Waals surface area contributed by atoms with Crippen molar-refractivity contribution in [1.82, 2.24) is 66.8 Å². The average Bonchev–Trinajstić information content (AvgIpc) is 4.12. The Morgan fingerprint density at radius 3 is 1.56 bits per heavy atom. The number of rotatable bonds is 35. The van der Waals surface area contributed by atoms with Crippen LogP contribution in [0.25, 0.3) is 0 Å². The number of H-pyrrole nitrogens is 1. The van der Waals surface area contributed by atoms with E-state index in [1.165, 1.54) is 39.0 Å². The summed E-state index contributed by atoms with van der Waals surface area (Å²) in [6.07, 6.45) is 1.24. The maximum atomic E-state index is 14.0. The summed E-state index contributed by atoms with van der Waals surface area (Å²) in [5, 5.41) is 91.8. The maximum Gasteiger partial charge on any atom is 0.320 e. The lowest BCUT2D eigenvalue weighted by Gasteiger charge is -2.36. The maximum absolute atomic E-state index is 14.0. The number of nitrogens with one attached hydrogen (secondary N) is 8. The molecule has 84 heavy (non-hydrogen) atoms. The topological polar surface area (TPSA) is 507 Å². The Morgan fingerprint density at radius 2 is 1.08 bits per heavy atom. The van der Waals surface area contributed by atoms with Crippen LogP contribution in [-0.2, 0) is 70.4 Å². The summed E-state index contributed by atoms with van der Waals surface area (Å²) in [5.41, 5.74) is 6.22. The molecule has 1 fully saturated rings. The Morgan fingerprint density at radius 1 is 0.607 bits per heavy atom. The zero-order chi connectivity index (χ0) is 62.3. The summed E-state index contributed by atoms with van der Waals surface area (Å²) in [6, 6.07) is -2.68. The highest BCUT2D eigenvalue weighted by molar-refractivity contribution is 5.97. The molecule has 0 radical (unpaired) electrons. The van der Waals surface area contributed by atoms with Crippen molar-refractivity contribution < 1.29 is 93.3 Å². The minimum atomic E-state index is -1.80. The fourth-order valence-corrected chi connectivity index (χ4v) is 8.66. The minimum absolute atomic E-state index is 0.00976. The molecular formula is C51H75N14O19-3. The number of carboxylic acid groups (broad SMARTS) is 5. The third-order valence-corrected chi connectivity index (χ3v) is 13.2. The number of carbonyl (C=O) groups excluding carboxylic acids is 10. The quantitative estimate of drug-likeness (QED) is 0.0285. The van der Waals surface area contributed by atoms with Gasteiger partial charge in [0.2, 0.25) is 41.4 Å². The minimum Gasteiger partial charge on any atom is -0.549 e. The van der Waals surface area contributed by atoms with Gasteiger partial charge < -0.3 is 98.1 Å². The van der Waals surface area contributed by atoms with Gasteiger partial charge >= 0.3 is 11.9 Å². The number of aromatic nitrogens is 2. The summed E-state index contributed by atoms with van der Waals surface area (Å²) in [5.74, 6) is -13.8. The number of nitrogens with zero attached hydrogens (tertiary/aromatic N) is 5. The van der Waals surface area contributed by atoms with Crippen LogP contribution in [0.5, 0.6) is 0 Å². The Kier molecular flexibility index (Phi) is 30.9. The van der Waals surface area contributed by atoms with Crippen LogP contribution < -0.4 is 58.3 Å². The van der Waals surface area contributed by atoms with Gasteiger partial charge in [0.1, 0.15) is 42.3 Å². The number of aliphatic hydroxyl groups excluding tert-OH is 2. The lowest BCUT2D eigenvalue weighted by atomic mass is 10.0. The summed E-state index contributed by atoms with van der Waals surface area (Å²) in [6.45, 7) is -2.53. The molecule has 0 aliphatic carbocycles. The van der Waals surface area contributed by atoms with E-state index >= 15 is 0 Å². The van der Waals surface area contributed by atoms with E-state index in [0.717, 1.165) is 0 Å². The first-order chi connectivity index (χ1) is 39.9. The van der Waals surface area contributed by atoms with E-state index in [4.69, 9.17) is 5.73 Å². The zero-order valence-corrected chi connectivity index (χ0v) is 46.4. The van der Waals surface area contributed by atoms with Crippen molar-refractivity contribution in [2.24, 2.45) is 5.73 Å². The second-order valence-electron chi connectivity index (χ2n) is 19.7. The van der Waals surface area contributed by atoms with Gasteiger partial charge in [-0.05, 0) is 38.3 Å². The third kappa shape index (κ3) is 26.4. The van der Waals surface area contributed by atoms with E-state index in [1.54, 1.807) is 30.3 Å². The van der Waals surface area contributed by atoms with E-state index in [9.17, 15) is 93.3 Å². The van der Waals surface area contributed by atoms with E-state index in [0.29, 0.717) is 11.3 Å². The summed E-state index contributed by atoms with van der Waals surface area (Å²) >= 11 is 0. The van der Waals surface area contributed by atoms with Gasteiger partial charge in [-0.15, -0.1) is 0 Å². The van der Waals surface area contributed by atoms with Crippen molar-refractivity contribution in [3.63, 3.8) is 0 Å². The molecule has 1 aromatic heterocycles. The highest BCUT2D eigenvalue weighted by Gasteiger charge is 2.34. The smallest absolute Gasteiger partial charge is 0.320 e. The fourth-order valence-electron chi connectivity index (χ4n) is 8.66. The van der Waals surface area contributed by atoms with E-state index in [2.05, 4.69) is 47.2 Å². The molecule has 2 aromatic rings. The molecule has 0 saturated carbocycles. The number of aliphatic hydroxyl groups is 2. The summed E-state index contributed by atoms with van der Waals surface area (Å²) in [7, 11) is 0. The van der Waals surface area contributed by atoms with E-state index < -0.39 is 153 Å². The summed E-state index contributed by atoms with van der Waals surface area (Å²) < 4.78 is 0. The van der Waals surface area contributed by atoms with Crippen molar-refractivity contribution in [2.45, 2.75) is 94.2 Å². The van der Waals surface area contributed by atoms with Crippen LogP contribution in [0.1, 0.15) is 50.3 Å². The van der Waals surface area contributed by atoms with Crippen molar-refractivity contribution in [1.29, 1.82) is 0 Å². The monoisotopic (exact) mass is 1190 g/mol. The number of aromatic amines is 1. The average molecular weight is 1190 g/mol. The van der Waals surface area contributed by atoms with Crippen molar-refractivity contribution in [3.05, 3.63) is 54.1 Å². The highest BCUT2D eigenvalue weighted by Crippen LogP contribution is 2.12. The first-order valence-electron chi connectivity index (χ1n) is 26.9. The number of hydrogen-bond donors (Lipinski definition) is 13. The standard InChI is InChI=1S/C51H78N14O19/c1-31(56-47(79)36(23-41(69)70)57-40(68)10-5-11-52)45(77)58-35(22-33-24-53-30-55-33)49(81)61-38(29-67)50(82)59-34(21-32-7-3-2-4-8-32)48(80)60-37(28-66)46(78)54-12-6-9-39(51(83)84)65-19-17-63(26-43(73)74)15-13-62(25-42(71)72)14-16-64(18-20-65)27-44(75)76/h2-4,7-8,24,30-31,34-39,66-67H,5-6,9-23,25-29,52H2,1H3,(H,53,55)(H,54,78)(H,56,79)(H,57,68)(H,58,77)(H,59,82)(H,60,80)(H,61,81)(H,69,70)(H,71,72)(H,73,74)(H,75,76)(H,83,84)/p-3/t31-,34-,35-,36-,37+,38-,39?/m0/s1. The lowest BCUT2D eigenvalue weighted by Crippen LogP contribution is -2.61. The molecule has 3 rings (SSSR count). The second kappa shape index (κ2) is 37.1. The Hall–Kier alpha value is -8.21. The number of nitrogens with two attached hydrogens (primary N) is 1. The van der Waals surface area contributed by atoms with Crippen molar-refractivity contribution >= 4 is 71.2 Å². The van der Waals surface area contributed by atoms with Gasteiger partial charge in [0, 0.05) is 110 Å². The predicted octanol–water partition coefficient (Wildman–Crippen LogP) is -10.9. The molecular weight excluding hydrogens is 1110 g/mol. The number of imidazole rings is 1. The Balaban J connectivity index is 1.73. The van der Waals surface area contributed by atoms with E-state index in [-0.39, 0.29) is 104 Å². The van der Waals surface area contributed by atoms with Gasteiger partial charge in [-0.25, -0.2) is 4.98 Å². The zero-order valence-electron chi connectivity index (χ0n) is 46.4. The van der Waals surface area contributed by atoms with E-state index in [1.807, 2.05) is 0 Å². The molecule has 2 heterocycles. The number of carboxylic acids is 5. The molecule has 33 nitrogen and oxygen atoms in total. The molecule has 1 aliphatic heterocycles. The first kappa shape index (κ1) is 70.1. The molecule has 7 atom stereocenters. The molecule has 0 bridgehead atoms. The molecule has 14 N–H and O–H groups in total. The van der Waals surface area contributed by atoms with Gasteiger partial charge in [-0.1, -0.05) is 30.3 Å². The number of carbonyl (C=O) groups is 12. The van der Waals surface area contributed by atoms with Gasteiger partial charge in [0.05, 0.1) is 43.9 Å². The predicted molar refractivity (Wildman–Crippen MR) is 284 cm³/mol. The van der Waals surface area contributed by atoms with Gasteiger partial charge in [0.15, 0.2) is 0 Å². The number of amides is 7. The van der Waals surface area contributed by atoms with Crippen LogP contribution in [0.3, 0.4) is 0 Å². The number of aliphatic carboxylic acids is 5. The van der Waals surface area contributed by atoms with Crippen LogP contribution in [0.15, 0.2) is 42.9 Å². The van der Waals surface area contributed by atoms with Crippen molar-refractivity contribution in [3.8, 4) is 0 Å². The van der Waals surface area contributed by atoms with Crippen LogP contribution in [-0.4, -0.2) is 262 Å². The SMILES string of the molecule is C[C@H](NC(=O)[C@H](CC(=O)O)NC(=O)CCCN)C(=O)N[C@@H](Cc1cnc[nH]1)C(=O)N[C@@H](CO)C(=O)N[C@@H](Cc1ccccc1)C(=O)N[C@H](CO)C(=O)NCCCC(C(=O)O)N1CCN(CC(=O)[O-])CCN(CC(=O)[O-])CCN(CC(=O)[O-])CC1. The van der Waals surface area contributed by atoms with Gasteiger partial charge in [0.25, 0.3) is 0 Å². The third-order valence-electron chi connectivity index (χ3n) is 13.2. The number of benzene rings is 1. The van der Waals surface area contributed by atoms with Crippen LogP contribution in [0.2, 0.25) is 0 Å². The Bertz CT molecular complexity index is 2480. The van der Waals surface area contributed by atoms with Crippen LogP contribution in [0, 0.1) is 0 Å². The molecule has 1 unspecified atom stereocenters. The number of hydrogen-bond acceptors (Lipinski definition) is 23. The second-order valence-corrected chi connectivity index (χ2v) is 19.7. The fraction of sp³-hybridized carbons (Fsp3) is 0.588. The molecule has 1 saturated heterocycles. The first-order valence-corrected chi connectivity index (χ1v) is 26.9. The Labute approximate surface area is 482 Å². The largest absolute Gasteiger partial charge is 0.549 e. The summed E-state index contributed by atoms with van der Waals surface area (Å²) in [4.78, 5) is 165. The molecule has 1 aliphatic rings. The highest BCUT2D eigenvalue weighted by atomic mass is 16.4. The molecule has 1 aromatic carbocycles. The van der Waals surface area contributed by atoms with Crippen LogP contribution in [0.4, 0.5) is 0 Å².